The van der Waals surface area contributed by atoms with E-state index in [1.165, 1.54) is 11.1 Å². The lowest BCUT2D eigenvalue weighted by atomic mass is 10.1. The molecule has 0 atom stereocenters. The Morgan fingerprint density at radius 3 is 1.33 bits per heavy atom. The zero-order valence-electron chi connectivity index (χ0n) is 13.3. The van der Waals surface area contributed by atoms with Crippen LogP contribution >= 0.6 is 40.1 Å². The van der Waals surface area contributed by atoms with Crippen molar-refractivity contribution >= 4 is 40.1 Å². The maximum atomic E-state index is 11.7. The molecule has 0 unspecified atom stereocenters. The van der Waals surface area contributed by atoms with E-state index in [-0.39, 0.29) is 0 Å². The molecule has 0 saturated carbocycles. The molecule has 0 radical (unpaired) electrons. The number of halogens is 2. The van der Waals surface area contributed by atoms with E-state index in [1.54, 1.807) is 0 Å². The van der Waals surface area contributed by atoms with Crippen molar-refractivity contribution in [2.24, 2.45) is 0 Å². The molecule has 2 rings (SSSR count). The van der Waals surface area contributed by atoms with Crippen LogP contribution in [-0.4, -0.2) is 13.2 Å². The van der Waals surface area contributed by atoms with Gasteiger partial charge in [0.1, 0.15) is 13.2 Å². The van der Waals surface area contributed by atoms with Crippen LogP contribution in [-0.2, 0) is 37.1 Å². The van der Waals surface area contributed by atoms with Gasteiger partial charge >= 0.3 is 8.25 Å². The summed E-state index contributed by atoms with van der Waals surface area (Å²) in [5, 5.41) is 1.70. The third-order valence-corrected chi connectivity index (χ3v) is 5.61. The van der Waals surface area contributed by atoms with E-state index in [1.807, 2.05) is 0 Å². The zero-order chi connectivity index (χ0) is 17.2. The molecule has 0 aromatic heterocycles. The second-order valence-electron chi connectivity index (χ2n) is 5.29. The van der Waals surface area contributed by atoms with Crippen molar-refractivity contribution in [1.29, 1.82) is 0 Å². The molecule has 128 valence electrons. The van der Waals surface area contributed by atoms with Gasteiger partial charge in [0.25, 0.3) is 0 Å². The molecule has 0 bridgehead atoms. The first-order valence-electron chi connectivity index (χ1n) is 7.72. The molecule has 0 amide bonds. The number of rotatable bonds is 10. The Morgan fingerprint density at radius 2 is 1.00 bits per heavy atom. The van der Waals surface area contributed by atoms with Crippen molar-refractivity contribution in [2.75, 3.05) is 13.2 Å². The Kier molecular flexibility index (Phi) is 9.14. The minimum absolute atomic E-state index is 0.392. The highest BCUT2D eigenvalue weighted by Crippen LogP contribution is 2.24. The number of benzene rings is 2. The summed E-state index contributed by atoms with van der Waals surface area (Å²) in [6, 6.07) is 16.5. The van der Waals surface area contributed by atoms with Gasteiger partial charge in [-0.05, 0) is 22.3 Å². The normalized spacial score (nSPS) is 10.8. The SMILES string of the molecule is O=[P+](OCCc1ccc(CBr)cc1)OCCc1ccc(CBr)cc1. The second-order valence-corrected chi connectivity index (χ2v) is 7.38. The van der Waals surface area contributed by atoms with Gasteiger partial charge in [-0.25, -0.2) is 0 Å². The second kappa shape index (κ2) is 11.1. The van der Waals surface area contributed by atoms with E-state index in [4.69, 9.17) is 9.05 Å². The van der Waals surface area contributed by atoms with Gasteiger partial charge in [0.2, 0.25) is 0 Å². The number of alkyl halides is 2. The fourth-order valence-corrected chi connectivity index (χ4v) is 3.41. The first-order valence-corrected chi connectivity index (χ1v) is 11.1. The molecule has 0 spiro atoms. The van der Waals surface area contributed by atoms with Gasteiger partial charge in [0, 0.05) is 28.1 Å². The van der Waals surface area contributed by atoms with Crippen LogP contribution in [0.25, 0.3) is 0 Å². The highest BCUT2D eigenvalue weighted by atomic mass is 79.9. The maximum Gasteiger partial charge on any atom is 0.697 e. The molecule has 0 fully saturated rings. The Labute approximate surface area is 161 Å². The first-order chi connectivity index (χ1) is 11.7. The van der Waals surface area contributed by atoms with E-state index in [2.05, 4.69) is 80.4 Å². The van der Waals surface area contributed by atoms with Gasteiger partial charge in [-0.1, -0.05) is 80.4 Å². The zero-order valence-corrected chi connectivity index (χ0v) is 17.4. The van der Waals surface area contributed by atoms with Gasteiger partial charge in [0.05, 0.1) is 0 Å². The lowest BCUT2D eigenvalue weighted by Gasteiger charge is -2.00. The molecular weight excluding hydrogens is 455 g/mol. The summed E-state index contributed by atoms with van der Waals surface area (Å²) >= 11 is 6.84. The van der Waals surface area contributed by atoms with Crippen molar-refractivity contribution in [2.45, 2.75) is 23.5 Å². The van der Waals surface area contributed by atoms with E-state index < -0.39 is 8.25 Å². The van der Waals surface area contributed by atoms with Crippen LogP contribution in [0.5, 0.6) is 0 Å². The molecule has 0 aliphatic carbocycles. The Balaban J connectivity index is 1.62. The van der Waals surface area contributed by atoms with Gasteiger partial charge in [0.15, 0.2) is 0 Å². The van der Waals surface area contributed by atoms with Crippen LogP contribution in [0.3, 0.4) is 0 Å². The van der Waals surface area contributed by atoms with Crippen LogP contribution in [0.2, 0.25) is 0 Å². The predicted octanol–water partition coefficient (Wildman–Crippen LogP) is 5.95. The molecule has 3 nitrogen and oxygen atoms in total. The fourth-order valence-electron chi connectivity index (χ4n) is 2.10. The summed E-state index contributed by atoms with van der Waals surface area (Å²) in [6.07, 6.45) is 1.45. The molecule has 0 saturated heterocycles. The summed E-state index contributed by atoms with van der Waals surface area (Å²) in [7, 11) is -2.06. The molecule has 0 heterocycles. The van der Waals surface area contributed by atoms with Gasteiger partial charge in [-0.2, -0.15) is 0 Å². The average Bonchev–Trinajstić information content (AvgIpc) is 2.63. The lowest BCUT2D eigenvalue weighted by molar-refractivity contribution is 0.229. The maximum absolute atomic E-state index is 11.7. The van der Waals surface area contributed by atoms with Gasteiger partial charge < -0.3 is 0 Å². The minimum Gasteiger partial charge on any atom is -0.119 e. The molecule has 0 aliphatic rings. The topological polar surface area (TPSA) is 35.5 Å². The molecule has 2 aromatic carbocycles. The number of hydrogen-bond acceptors (Lipinski definition) is 3. The third-order valence-electron chi connectivity index (χ3n) is 3.53. The van der Waals surface area contributed by atoms with Gasteiger partial charge in [-0.3, -0.25) is 0 Å². The highest BCUT2D eigenvalue weighted by Gasteiger charge is 2.19. The van der Waals surface area contributed by atoms with Crippen LogP contribution in [0, 0.1) is 0 Å². The molecule has 0 N–H and O–H groups in total. The van der Waals surface area contributed by atoms with Crippen LogP contribution in [0.15, 0.2) is 48.5 Å². The Morgan fingerprint density at radius 1 is 0.667 bits per heavy atom. The standard InChI is InChI=1S/C18H20Br2O3P/c19-13-17-5-1-15(2-6-17)9-11-22-24(21)23-12-10-16-3-7-18(14-20)8-4-16/h1-8H,9-14H2/q+1. The van der Waals surface area contributed by atoms with Crippen molar-refractivity contribution < 1.29 is 13.6 Å². The molecule has 2 aromatic rings. The van der Waals surface area contributed by atoms with Crippen LogP contribution < -0.4 is 0 Å². The van der Waals surface area contributed by atoms with Crippen LogP contribution in [0.4, 0.5) is 0 Å². The average molecular weight is 475 g/mol. The molecule has 24 heavy (non-hydrogen) atoms. The predicted molar refractivity (Wildman–Crippen MR) is 105 cm³/mol. The van der Waals surface area contributed by atoms with E-state index in [0.717, 1.165) is 34.6 Å². The van der Waals surface area contributed by atoms with Crippen molar-refractivity contribution in [1.82, 2.24) is 0 Å². The lowest BCUT2D eigenvalue weighted by Crippen LogP contribution is -1.97. The third kappa shape index (κ3) is 7.12. The largest absolute Gasteiger partial charge is 0.697 e. The van der Waals surface area contributed by atoms with Crippen LogP contribution in [0.1, 0.15) is 22.3 Å². The summed E-state index contributed by atoms with van der Waals surface area (Å²) in [5.74, 6) is 0. The quantitative estimate of drug-likeness (QED) is 0.315. The van der Waals surface area contributed by atoms with E-state index >= 15 is 0 Å². The van der Waals surface area contributed by atoms with E-state index in [9.17, 15) is 4.57 Å². The monoisotopic (exact) mass is 473 g/mol. The number of hydrogen-bond donors (Lipinski definition) is 0. The summed E-state index contributed by atoms with van der Waals surface area (Å²) < 4.78 is 22.2. The molecular formula is C18H20Br2O3P+. The Bertz CT molecular complexity index is 574. The highest BCUT2D eigenvalue weighted by molar-refractivity contribution is 9.08. The van der Waals surface area contributed by atoms with Crippen molar-refractivity contribution in [3.05, 3.63) is 70.8 Å². The fraction of sp³-hybridized carbons (Fsp3) is 0.333. The summed E-state index contributed by atoms with van der Waals surface area (Å²) in [4.78, 5) is 0. The van der Waals surface area contributed by atoms with Crippen molar-refractivity contribution in [3.63, 3.8) is 0 Å². The molecule has 0 aliphatic heterocycles. The summed E-state index contributed by atoms with van der Waals surface area (Å²) in [6.45, 7) is 0.783. The van der Waals surface area contributed by atoms with Gasteiger partial charge in [-0.15, -0.1) is 9.05 Å². The first kappa shape index (κ1) is 19.7. The van der Waals surface area contributed by atoms with Crippen molar-refractivity contribution in [3.8, 4) is 0 Å². The smallest absolute Gasteiger partial charge is 0.119 e. The Hall–Kier alpha value is -0.580. The summed E-state index contributed by atoms with van der Waals surface area (Å²) in [5.41, 5.74) is 4.79. The van der Waals surface area contributed by atoms with E-state index in [0.29, 0.717) is 13.2 Å². The minimum atomic E-state index is -2.06. The molecule has 6 heteroatoms.